The molecule has 356 valence electrons. The van der Waals surface area contributed by atoms with Gasteiger partial charge in [-0.05, 0) is 97.6 Å². The van der Waals surface area contributed by atoms with Crippen molar-refractivity contribution in [2.24, 2.45) is 0 Å². The third kappa shape index (κ3) is 9.45. The number of ether oxygens (including phenoxy) is 2. The molecule has 18 heteroatoms. The molecule has 0 saturated heterocycles. The normalized spacial score (nSPS) is 16.8. The van der Waals surface area contributed by atoms with Gasteiger partial charge in [-0.2, -0.15) is 11.8 Å². The highest BCUT2D eigenvalue weighted by atomic mass is 32.2. The van der Waals surface area contributed by atoms with Crippen molar-refractivity contribution in [3.8, 4) is 22.5 Å². The Morgan fingerprint density at radius 2 is 1.53 bits per heavy atom. The number of thioether (sulfide) groups is 2. The van der Waals surface area contributed by atoms with Gasteiger partial charge in [-0.3, -0.25) is 19.2 Å². The molecule has 0 bridgehead atoms. The van der Waals surface area contributed by atoms with Crippen LogP contribution in [0.4, 0.5) is 9.18 Å². The van der Waals surface area contributed by atoms with Gasteiger partial charge in [0.05, 0.1) is 34.9 Å². The van der Waals surface area contributed by atoms with E-state index in [4.69, 9.17) is 14.5 Å². The van der Waals surface area contributed by atoms with Crippen LogP contribution in [0.5, 0.6) is 0 Å². The summed E-state index contributed by atoms with van der Waals surface area (Å²) in [5, 5.41) is 22.6. The minimum absolute atomic E-state index is 0.0200. The maximum atomic E-state index is 14.9. The summed E-state index contributed by atoms with van der Waals surface area (Å²) in [5.41, 5.74) is 6.08. The van der Waals surface area contributed by atoms with E-state index < -0.39 is 59.3 Å². The molecule has 0 unspecified atom stereocenters. The molecular weight excluding hydrogens is 912 g/mol. The lowest BCUT2D eigenvalue weighted by Crippen LogP contribution is -2.54. The van der Waals surface area contributed by atoms with Gasteiger partial charge in [-0.1, -0.05) is 55.5 Å². The summed E-state index contributed by atoms with van der Waals surface area (Å²) >= 11 is 3.20. The van der Waals surface area contributed by atoms with Crippen molar-refractivity contribution < 1.29 is 42.9 Å². The molecule has 0 spiro atoms. The van der Waals surface area contributed by atoms with Gasteiger partial charge in [-0.25, -0.2) is 19.0 Å². The van der Waals surface area contributed by atoms with E-state index >= 15 is 0 Å². The number of aliphatic hydroxyl groups is 1. The van der Waals surface area contributed by atoms with Gasteiger partial charge in [0.15, 0.2) is 5.60 Å². The second-order valence-electron chi connectivity index (χ2n) is 17.3. The van der Waals surface area contributed by atoms with E-state index in [2.05, 4.69) is 21.3 Å². The minimum Gasteiger partial charge on any atom is -0.458 e. The average Bonchev–Trinajstić information content (AvgIpc) is 3.86. The molecule has 2 aromatic heterocycles. The maximum Gasteiger partial charge on any atom is 0.407 e. The first-order valence-electron chi connectivity index (χ1n) is 22.5. The maximum absolute atomic E-state index is 14.9. The van der Waals surface area contributed by atoms with Crippen molar-refractivity contribution in [2.45, 2.75) is 96.0 Å². The summed E-state index contributed by atoms with van der Waals surface area (Å²) in [6.45, 7) is 7.93. The molecule has 4 amide bonds. The highest BCUT2D eigenvalue weighted by Gasteiger charge is 2.45. The molecule has 15 nitrogen and oxygen atoms in total. The summed E-state index contributed by atoms with van der Waals surface area (Å²) in [5.74, 6) is -0.554. The van der Waals surface area contributed by atoms with E-state index in [-0.39, 0.29) is 48.8 Å². The predicted molar refractivity (Wildman–Crippen MR) is 258 cm³/mol. The fourth-order valence-corrected chi connectivity index (χ4v) is 10.9. The number of esters is 1. The number of carbonyl (C=O) groups is 5. The first kappa shape index (κ1) is 48.2. The quantitative estimate of drug-likeness (QED) is 0.0412. The molecule has 4 heterocycles. The molecule has 5 aromatic rings. The van der Waals surface area contributed by atoms with Crippen LogP contribution < -0.4 is 26.8 Å². The second kappa shape index (κ2) is 20.2. The Morgan fingerprint density at radius 1 is 0.897 bits per heavy atom. The smallest absolute Gasteiger partial charge is 0.407 e. The monoisotopic (exact) mass is 964 g/mol. The number of nitrogens with one attached hydrogen (secondary N) is 4. The molecule has 8 rings (SSSR count). The molecule has 0 fully saturated rings. The van der Waals surface area contributed by atoms with E-state index in [1.807, 2.05) is 48.5 Å². The van der Waals surface area contributed by atoms with Crippen molar-refractivity contribution >= 4 is 64.2 Å². The number of carbonyl (C=O) groups excluding carboxylic acids is 5. The largest absolute Gasteiger partial charge is 0.458 e. The van der Waals surface area contributed by atoms with Crippen LogP contribution in [0.3, 0.4) is 0 Å². The van der Waals surface area contributed by atoms with E-state index in [9.17, 15) is 38.3 Å². The number of pyridine rings is 2. The third-order valence-corrected chi connectivity index (χ3v) is 14.8. The van der Waals surface area contributed by atoms with Crippen molar-refractivity contribution in [3.05, 3.63) is 122 Å². The van der Waals surface area contributed by atoms with Crippen LogP contribution >= 0.6 is 23.5 Å². The number of cyclic esters (lactones) is 1. The van der Waals surface area contributed by atoms with Gasteiger partial charge < -0.3 is 40.4 Å². The Balaban J connectivity index is 0.765. The Kier molecular flexibility index (Phi) is 14.3. The topological polar surface area (TPSA) is 207 Å². The summed E-state index contributed by atoms with van der Waals surface area (Å²) in [6.07, 6.45) is 0.0597. The number of amides is 4. The zero-order chi connectivity index (χ0) is 48.4. The van der Waals surface area contributed by atoms with Crippen LogP contribution in [0.2, 0.25) is 0 Å². The highest BCUT2D eigenvalue weighted by molar-refractivity contribution is 7.99. The molecule has 3 aromatic carbocycles. The second-order valence-corrected chi connectivity index (χ2v) is 19.5. The zero-order valence-electron chi connectivity index (χ0n) is 38.3. The molecule has 1 aliphatic carbocycles. The Labute approximate surface area is 400 Å². The van der Waals surface area contributed by atoms with Gasteiger partial charge in [0.25, 0.3) is 5.56 Å². The summed E-state index contributed by atoms with van der Waals surface area (Å²) < 4.78 is 27.2. The number of alkyl carbamates (subject to hydrolysis) is 1. The number of rotatable bonds is 17. The number of benzene rings is 3. The van der Waals surface area contributed by atoms with E-state index in [1.165, 1.54) is 31.7 Å². The molecule has 3 aliphatic rings. The Morgan fingerprint density at radius 3 is 2.21 bits per heavy atom. The number of aromatic nitrogens is 2. The van der Waals surface area contributed by atoms with Crippen LogP contribution in [0.25, 0.3) is 33.4 Å². The standard InChI is InChI=1S/C50H53FN6O9S2/c1-6-50(64)39-19-42-43-35(21-57(42)47(61)37(39)23-65-48(50)62)38(34-18-26(2)40(51)20-41(34)56-43)24-67-16-11-17-68-25-52-44(58)27(3)53-45(59)28(4)54-46(60)29(5)55-49(63)66-22-36-32-14-9-7-12-30(32)31-13-8-10-15-33(31)36/h7-10,12-15,18-20,27-29,36,64H,6,11,16-17,21-25H2,1-5H3,(H,52,58)(H,53,59)(H,54,60)(H,55,63)/t27-,28-,29-,50-/m0/s1. The van der Waals surface area contributed by atoms with E-state index in [1.54, 1.807) is 49.2 Å². The van der Waals surface area contributed by atoms with Crippen LogP contribution in [-0.4, -0.2) is 86.6 Å². The average molecular weight is 965 g/mol. The van der Waals surface area contributed by atoms with Gasteiger partial charge >= 0.3 is 12.1 Å². The summed E-state index contributed by atoms with van der Waals surface area (Å²) in [7, 11) is 0. The van der Waals surface area contributed by atoms with Crippen molar-refractivity contribution in [2.75, 3.05) is 24.0 Å². The number of hydrogen-bond acceptors (Lipinski definition) is 12. The van der Waals surface area contributed by atoms with Crippen molar-refractivity contribution in [1.29, 1.82) is 0 Å². The number of fused-ring (bicyclic) bond motifs is 8. The van der Waals surface area contributed by atoms with Gasteiger partial charge in [0, 0.05) is 34.3 Å². The van der Waals surface area contributed by atoms with E-state index in [0.717, 1.165) is 56.7 Å². The minimum atomic E-state index is -1.96. The lowest BCUT2D eigenvalue weighted by atomic mass is 9.86. The van der Waals surface area contributed by atoms with E-state index in [0.29, 0.717) is 34.1 Å². The van der Waals surface area contributed by atoms with Crippen LogP contribution in [0.15, 0.2) is 71.5 Å². The third-order valence-electron chi connectivity index (χ3n) is 12.8. The fourth-order valence-electron chi connectivity index (χ4n) is 8.93. The molecule has 0 radical (unpaired) electrons. The molecule has 4 atom stereocenters. The molecule has 2 aliphatic heterocycles. The summed E-state index contributed by atoms with van der Waals surface area (Å²) in [4.78, 5) is 82.7. The Hall–Kier alpha value is -6.24. The highest BCUT2D eigenvalue weighted by Crippen LogP contribution is 2.45. The lowest BCUT2D eigenvalue weighted by molar-refractivity contribution is -0.172. The number of aryl methyl sites for hydroxylation is 1. The molecular formula is C50H53FN6O9S2. The molecule has 0 saturated carbocycles. The first-order valence-corrected chi connectivity index (χ1v) is 24.9. The zero-order valence-corrected chi connectivity index (χ0v) is 40.0. The number of halogens is 1. The molecule has 5 N–H and O–H groups in total. The van der Waals surface area contributed by atoms with Crippen LogP contribution in [0, 0.1) is 12.7 Å². The SMILES string of the molecule is CC[C@@]1(O)C(=O)OCc2c1cc1n(c2=O)Cc2c-1nc1cc(F)c(C)cc1c2CSCCCSCNC(=O)[C@H](C)NC(=O)[C@H](C)NC(=O)[C@H](C)NC(=O)OCC1c2ccccc2-c2ccccc21. The number of hydrogen-bond donors (Lipinski definition) is 5. The van der Waals surface area contributed by atoms with Crippen LogP contribution in [0.1, 0.15) is 85.4 Å². The summed E-state index contributed by atoms with van der Waals surface area (Å²) in [6, 6.07) is 17.9. The number of nitrogens with zero attached hydrogens (tertiary/aromatic N) is 2. The first-order chi connectivity index (χ1) is 32.6. The van der Waals surface area contributed by atoms with Gasteiger partial charge in [0.2, 0.25) is 17.7 Å². The van der Waals surface area contributed by atoms with Crippen molar-refractivity contribution in [1.82, 2.24) is 30.8 Å². The molecule has 68 heavy (non-hydrogen) atoms. The van der Waals surface area contributed by atoms with Gasteiger partial charge in [0.1, 0.15) is 37.2 Å². The van der Waals surface area contributed by atoms with Crippen molar-refractivity contribution in [3.63, 3.8) is 0 Å². The van der Waals surface area contributed by atoms with Gasteiger partial charge in [-0.15, -0.1) is 11.8 Å². The fraction of sp³-hybridized carbons (Fsp3) is 0.380. The lowest BCUT2D eigenvalue weighted by Gasteiger charge is -2.31. The Bertz CT molecular complexity index is 2870. The predicted octanol–water partition coefficient (Wildman–Crippen LogP) is 5.89. The van der Waals surface area contributed by atoms with Crippen LogP contribution in [-0.2, 0) is 53.2 Å².